The highest BCUT2D eigenvalue weighted by atomic mass is 32.1. The van der Waals surface area contributed by atoms with Gasteiger partial charge in [-0.15, -0.1) is 11.3 Å². The van der Waals surface area contributed by atoms with Crippen LogP contribution in [0, 0.1) is 5.82 Å². The van der Waals surface area contributed by atoms with Gasteiger partial charge in [0.1, 0.15) is 18.2 Å². The monoisotopic (exact) mass is 236 g/mol. The molecular formula is C12H9FO2S. The summed E-state index contributed by atoms with van der Waals surface area (Å²) >= 11 is 1.49. The molecule has 3 rings (SSSR count). The molecule has 0 unspecified atom stereocenters. The maximum atomic E-state index is 13.2. The van der Waals surface area contributed by atoms with E-state index in [0.29, 0.717) is 12.4 Å². The molecule has 2 aromatic rings. The van der Waals surface area contributed by atoms with Gasteiger partial charge >= 0.3 is 0 Å². The van der Waals surface area contributed by atoms with Crippen LogP contribution in [0.3, 0.4) is 0 Å². The molecule has 0 radical (unpaired) electrons. The summed E-state index contributed by atoms with van der Waals surface area (Å²) in [6.07, 6.45) is 0. The van der Waals surface area contributed by atoms with E-state index in [-0.39, 0.29) is 12.4 Å². The second-order valence-electron chi connectivity index (χ2n) is 3.65. The van der Waals surface area contributed by atoms with Gasteiger partial charge in [-0.2, -0.15) is 0 Å². The average molecular weight is 236 g/mol. The summed E-state index contributed by atoms with van der Waals surface area (Å²) in [5.41, 5.74) is 1.80. The Kier molecular flexibility index (Phi) is 2.19. The summed E-state index contributed by atoms with van der Waals surface area (Å²) < 4.78 is 18.7. The van der Waals surface area contributed by atoms with E-state index in [1.165, 1.54) is 23.5 Å². The second-order valence-corrected chi connectivity index (χ2v) is 4.79. The van der Waals surface area contributed by atoms with Crippen LogP contribution in [-0.4, -0.2) is 5.11 Å². The molecular weight excluding hydrogens is 227 g/mol. The molecule has 0 bridgehead atoms. The van der Waals surface area contributed by atoms with Crippen LogP contribution in [0.25, 0.3) is 10.4 Å². The third-order valence-corrected chi connectivity index (χ3v) is 3.78. The van der Waals surface area contributed by atoms with Crippen molar-refractivity contribution in [2.75, 3.05) is 0 Å². The van der Waals surface area contributed by atoms with Gasteiger partial charge in [-0.25, -0.2) is 4.39 Å². The Hall–Kier alpha value is -1.39. The van der Waals surface area contributed by atoms with Gasteiger partial charge in [-0.05, 0) is 24.3 Å². The van der Waals surface area contributed by atoms with Crippen LogP contribution < -0.4 is 4.74 Å². The van der Waals surface area contributed by atoms with Crippen molar-refractivity contribution < 1.29 is 14.2 Å². The summed E-state index contributed by atoms with van der Waals surface area (Å²) in [6, 6.07) is 6.43. The molecule has 0 fully saturated rings. The molecule has 4 heteroatoms. The summed E-state index contributed by atoms with van der Waals surface area (Å²) in [5.74, 6) is 0.439. The van der Waals surface area contributed by atoms with E-state index >= 15 is 0 Å². The Bertz CT molecular complexity index is 548. The Labute approximate surface area is 95.9 Å². The van der Waals surface area contributed by atoms with Crippen molar-refractivity contribution in [1.29, 1.82) is 0 Å². The number of hydrogen-bond donors (Lipinski definition) is 1. The van der Waals surface area contributed by atoms with Gasteiger partial charge in [0.05, 0.1) is 6.61 Å². The predicted molar refractivity (Wildman–Crippen MR) is 60.0 cm³/mol. The minimum Gasteiger partial charge on any atom is -0.488 e. The van der Waals surface area contributed by atoms with Gasteiger partial charge in [0, 0.05) is 20.9 Å². The van der Waals surface area contributed by atoms with Gasteiger partial charge in [-0.1, -0.05) is 0 Å². The lowest BCUT2D eigenvalue weighted by atomic mass is 10.1. The Morgan fingerprint density at radius 2 is 2.25 bits per heavy atom. The van der Waals surface area contributed by atoms with Crippen LogP contribution in [0.1, 0.15) is 10.4 Å². The van der Waals surface area contributed by atoms with E-state index in [9.17, 15) is 4.39 Å². The summed E-state index contributed by atoms with van der Waals surface area (Å²) in [4.78, 5) is 1.88. The van der Waals surface area contributed by atoms with Gasteiger partial charge in [0.15, 0.2) is 0 Å². The van der Waals surface area contributed by atoms with E-state index in [2.05, 4.69) is 0 Å². The van der Waals surface area contributed by atoms with E-state index in [4.69, 9.17) is 9.84 Å². The molecule has 1 aliphatic heterocycles. The van der Waals surface area contributed by atoms with Crippen molar-refractivity contribution in [2.45, 2.75) is 13.2 Å². The van der Waals surface area contributed by atoms with Crippen molar-refractivity contribution in [3.05, 3.63) is 40.5 Å². The Balaban J connectivity index is 2.20. The fraction of sp³-hybridized carbons (Fsp3) is 0.167. The van der Waals surface area contributed by atoms with Crippen LogP contribution in [0.4, 0.5) is 4.39 Å². The van der Waals surface area contributed by atoms with E-state index < -0.39 is 0 Å². The summed E-state index contributed by atoms with van der Waals surface area (Å²) in [7, 11) is 0. The quantitative estimate of drug-likeness (QED) is 0.825. The molecule has 1 aromatic heterocycles. The van der Waals surface area contributed by atoms with Crippen LogP contribution in [-0.2, 0) is 13.2 Å². The maximum Gasteiger partial charge on any atom is 0.128 e. The number of benzene rings is 1. The number of hydrogen-bond acceptors (Lipinski definition) is 3. The third kappa shape index (κ3) is 1.42. The molecule has 0 aliphatic carbocycles. The van der Waals surface area contributed by atoms with Crippen LogP contribution >= 0.6 is 11.3 Å². The molecule has 2 heterocycles. The number of aliphatic hydroxyl groups is 1. The Morgan fingerprint density at radius 1 is 1.38 bits per heavy atom. The smallest absolute Gasteiger partial charge is 0.128 e. The molecule has 16 heavy (non-hydrogen) atoms. The first-order valence-corrected chi connectivity index (χ1v) is 5.75. The zero-order valence-electron chi connectivity index (χ0n) is 8.37. The molecule has 2 nitrogen and oxygen atoms in total. The molecule has 0 spiro atoms. The minimum absolute atomic E-state index is 0.0162. The highest BCUT2D eigenvalue weighted by molar-refractivity contribution is 7.15. The fourth-order valence-electron chi connectivity index (χ4n) is 1.86. The molecule has 0 atom stereocenters. The van der Waals surface area contributed by atoms with Crippen LogP contribution in [0.2, 0.25) is 0 Å². The van der Waals surface area contributed by atoms with Crippen molar-refractivity contribution in [3.8, 4) is 16.2 Å². The maximum absolute atomic E-state index is 13.2. The van der Waals surface area contributed by atoms with Crippen molar-refractivity contribution >= 4 is 11.3 Å². The van der Waals surface area contributed by atoms with E-state index in [1.807, 2.05) is 6.07 Å². The second kappa shape index (κ2) is 3.57. The van der Waals surface area contributed by atoms with Crippen molar-refractivity contribution in [3.63, 3.8) is 0 Å². The van der Waals surface area contributed by atoms with E-state index in [0.717, 1.165) is 20.9 Å². The van der Waals surface area contributed by atoms with Crippen LogP contribution in [0.5, 0.6) is 5.75 Å². The predicted octanol–water partition coefficient (Wildman–Crippen LogP) is 2.94. The zero-order chi connectivity index (χ0) is 11.1. The largest absolute Gasteiger partial charge is 0.488 e. The molecule has 1 aromatic carbocycles. The highest BCUT2D eigenvalue weighted by Crippen LogP contribution is 2.42. The summed E-state index contributed by atoms with van der Waals surface area (Å²) in [5, 5.41) is 9.08. The fourth-order valence-corrected chi connectivity index (χ4v) is 2.91. The standard InChI is InChI=1S/C12H9FO2S/c13-8-1-2-11-10(4-8)12-7(6-15-11)3-9(5-14)16-12/h1-4,14H,5-6H2. The molecule has 0 saturated carbocycles. The lowest BCUT2D eigenvalue weighted by Gasteiger charge is -2.17. The molecule has 0 amide bonds. The number of halogens is 1. The molecule has 82 valence electrons. The molecule has 0 saturated heterocycles. The van der Waals surface area contributed by atoms with Crippen molar-refractivity contribution in [2.24, 2.45) is 0 Å². The topological polar surface area (TPSA) is 29.5 Å². The van der Waals surface area contributed by atoms with Gasteiger partial charge in [-0.3, -0.25) is 0 Å². The lowest BCUT2D eigenvalue weighted by molar-refractivity contribution is 0.284. The van der Waals surface area contributed by atoms with Gasteiger partial charge in [0.2, 0.25) is 0 Å². The highest BCUT2D eigenvalue weighted by Gasteiger charge is 2.20. The number of thiophene rings is 1. The lowest BCUT2D eigenvalue weighted by Crippen LogP contribution is -2.02. The minimum atomic E-state index is -0.269. The molecule has 1 N–H and O–H groups in total. The summed E-state index contributed by atoms with van der Waals surface area (Å²) in [6.45, 7) is 0.507. The number of fused-ring (bicyclic) bond motifs is 3. The number of ether oxygens (including phenoxy) is 1. The third-order valence-electron chi connectivity index (χ3n) is 2.59. The van der Waals surface area contributed by atoms with Gasteiger partial charge < -0.3 is 9.84 Å². The average Bonchev–Trinajstić information content (AvgIpc) is 2.72. The van der Waals surface area contributed by atoms with E-state index in [1.54, 1.807) is 6.07 Å². The Morgan fingerprint density at radius 3 is 3.06 bits per heavy atom. The number of aliphatic hydroxyl groups excluding tert-OH is 1. The SMILES string of the molecule is OCc1cc2c(s1)-c1cc(F)ccc1OC2. The number of rotatable bonds is 1. The van der Waals surface area contributed by atoms with Crippen LogP contribution in [0.15, 0.2) is 24.3 Å². The first kappa shape index (κ1) is 9.81. The normalized spacial score (nSPS) is 12.9. The first-order valence-electron chi connectivity index (χ1n) is 4.93. The van der Waals surface area contributed by atoms with Crippen molar-refractivity contribution in [1.82, 2.24) is 0 Å². The molecule has 1 aliphatic rings. The first-order chi connectivity index (χ1) is 7.78. The van der Waals surface area contributed by atoms with Gasteiger partial charge in [0.25, 0.3) is 0 Å². The zero-order valence-corrected chi connectivity index (χ0v) is 9.18.